The molecule has 4 rings (SSSR count). The Kier molecular flexibility index (Phi) is 4.77. The van der Waals surface area contributed by atoms with E-state index in [9.17, 15) is 9.18 Å². The predicted molar refractivity (Wildman–Crippen MR) is 108 cm³/mol. The normalized spacial score (nSPS) is 14.1. The number of amides is 1. The number of nitrogens with one attached hydrogen (secondary N) is 1. The minimum Gasteiger partial charge on any atom is -0.488 e. The predicted octanol–water partition coefficient (Wildman–Crippen LogP) is 5.66. The molecule has 3 aromatic carbocycles. The lowest BCUT2D eigenvalue weighted by molar-refractivity contribution is -0.110. The first-order valence-electron chi connectivity index (χ1n) is 8.39. The average molecular weight is 424 g/mol. The van der Waals surface area contributed by atoms with Crippen LogP contribution >= 0.6 is 15.9 Å². The van der Waals surface area contributed by atoms with Crippen LogP contribution in [0.15, 0.2) is 71.2 Å². The third kappa shape index (κ3) is 3.78. The number of carbonyl (C=O) groups excluding carboxylic acids is 1. The van der Waals surface area contributed by atoms with Gasteiger partial charge in [-0.1, -0.05) is 36.4 Å². The number of ether oxygens (including phenoxy) is 1. The highest BCUT2D eigenvalue weighted by atomic mass is 79.9. The molecule has 134 valence electrons. The highest BCUT2D eigenvalue weighted by Crippen LogP contribution is 2.34. The van der Waals surface area contributed by atoms with Gasteiger partial charge < -0.3 is 10.1 Å². The lowest BCUT2D eigenvalue weighted by Gasteiger charge is -2.09. The summed E-state index contributed by atoms with van der Waals surface area (Å²) in [6, 6.07) is 19.5. The smallest absolute Gasteiger partial charge is 0.256 e. The third-order valence-electron chi connectivity index (χ3n) is 4.26. The van der Waals surface area contributed by atoms with Gasteiger partial charge in [-0.15, -0.1) is 0 Å². The minimum atomic E-state index is -0.285. The summed E-state index contributed by atoms with van der Waals surface area (Å²) in [5.41, 5.74) is 3.98. The van der Waals surface area contributed by atoms with Crippen LogP contribution in [0.1, 0.15) is 16.7 Å². The van der Waals surface area contributed by atoms with Gasteiger partial charge in [0, 0.05) is 16.8 Å². The van der Waals surface area contributed by atoms with E-state index in [1.165, 1.54) is 12.1 Å². The van der Waals surface area contributed by atoms with Crippen LogP contribution in [0.25, 0.3) is 11.6 Å². The van der Waals surface area contributed by atoms with Crippen molar-refractivity contribution in [3.8, 4) is 5.75 Å². The number of halogens is 2. The molecule has 5 heteroatoms. The first kappa shape index (κ1) is 17.5. The van der Waals surface area contributed by atoms with Crippen molar-refractivity contribution in [2.75, 3.05) is 5.32 Å². The Morgan fingerprint density at radius 2 is 1.89 bits per heavy atom. The van der Waals surface area contributed by atoms with Crippen LogP contribution in [0.4, 0.5) is 10.1 Å². The van der Waals surface area contributed by atoms with Crippen LogP contribution in [0.2, 0.25) is 0 Å². The topological polar surface area (TPSA) is 38.3 Å². The van der Waals surface area contributed by atoms with Gasteiger partial charge in [0.2, 0.25) is 0 Å². The molecule has 0 aromatic heterocycles. The molecule has 0 atom stereocenters. The molecule has 1 N–H and O–H groups in total. The number of para-hydroxylation sites is 1. The number of anilines is 1. The molecule has 1 aliphatic heterocycles. The van der Waals surface area contributed by atoms with Gasteiger partial charge in [0.05, 0.1) is 4.47 Å². The van der Waals surface area contributed by atoms with E-state index < -0.39 is 0 Å². The summed E-state index contributed by atoms with van der Waals surface area (Å²) in [6.07, 6.45) is 1.85. The number of fused-ring (bicyclic) bond motifs is 1. The molecule has 0 spiro atoms. The molecule has 0 aliphatic carbocycles. The summed E-state index contributed by atoms with van der Waals surface area (Å²) in [4.78, 5) is 12.2. The summed E-state index contributed by atoms with van der Waals surface area (Å²) in [6.45, 7) is 0.270. The Labute approximate surface area is 164 Å². The second kappa shape index (κ2) is 7.37. The van der Waals surface area contributed by atoms with Crippen molar-refractivity contribution in [2.45, 2.75) is 6.61 Å². The van der Waals surface area contributed by atoms with Gasteiger partial charge in [-0.2, -0.15) is 0 Å². The summed E-state index contributed by atoms with van der Waals surface area (Å²) in [7, 11) is 0. The van der Waals surface area contributed by atoms with Gasteiger partial charge in [0.1, 0.15) is 18.2 Å². The molecule has 3 nitrogen and oxygen atoms in total. The molecule has 1 amide bonds. The number of carbonyl (C=O) groups is 1. The van der Waals surface area contributed by atoms with Crippen LogP contribution in [-0.2, 0) is 11.4 Å². The molecule has 1 heterocycles. The fraction of sp³-hybridized carbons (Fsp3) is 0.0455. The maximum atomic E-state index is 13.3. The first-order chi connectivity index (χ1) is 13.1. The SMILES string of the molecule is O=C1Nc2ccccc2/C1=C/c1ccc(OCc2cccc(F)c2)c(Br)c1. The third-order valence-corrected chi connectivity index (χ3v) is 4.88. The van der Waals surface area contributed by atoms with E-state index in [2.05, 4.69) is 21.2 Å². The van der Waals surface area contributed by atoms with Gasteiger partial charge in [-0.25, -0.2) is 4.39 Å². The van der Waals surface area contributed by atoms with E-state index in [0.29, 0.717) is 11.3 Å². The number of hydrogen-bond donors (Lipinski definition) is 1. The number of rotatable bonds is 4. The van der Waals surface area contributed by atoms with Crippen molar-refractivity contribution < 1.29 is 13.9 Å². The monoisotopic (exact) mass is 423 g/mol. The van der Waals surface area contributed by atoms with Crippen molar-refractivity contribution in [3.63, 3.8) is 0 Å². The fourth-order valence-corrected chi connectivity index (χ4v) is 3.47. The Hall–Kier alpha value is -2.92. The van der Waals surface area contributed by atoms with Crippen LogP contribution in [0.5, 0.6) is 5.75 Å². The van der Waals surface area contributed by atoms with Crippen molar-refractivity contribution in [2.24, 2.45) is 0 Å². The molecule has 0 bridgehead atoms. The van der Waals surface area contributed by atoms with Gasteiger partial charge >= 0.3 is 0 Å². The maximum absolute atomic E-state index is 13.3. The van der Waals surface area contributed by atoms with Crippen LogP contribution in [-0.4, -0.2) is 5.91 Å². The van der Waals surface area contributed by atoms with Crippen LogP contribution in [0.3, 0.4) is 0 Å². The second-order valence-corrected chi connectivity index (χ2v) is 7.02. The van der Waals surface area contributed by atoms with Gasteiger partial charge in [-0.3, -0.25) is 4.79 Å². The number of hydrogen-bond acceptors (Lipinski definition) is 2. The summed E-state index contributed by atoms with van der Waals surface area (Å²) < 4.78 is 19.8. The van der Waals surface area contributed by atoms with Crippen molar-refractivity contribution in [3.05, 3.63) is 93.7 Å². The molecule has 1 aliphatic rings. The quantitative estimate of drug-likeness (QED) is 0.549. The highest BCUT2D eigenvalue weighted by Gasteiger charge is 2.23. The van der Waals surface area contributed by atoms with Gasteiger partial charge in [0.15, 0.2) is 0 Å². The van der Waals surface area contributed by atoms with E-state index in [1.807, 2.05) is 54.6 Å². The Morgan fingerprint density at radius 1 is 1.04 bits per heavy atom. The molecular weight excluding hydrogens is 409 g/mol. The largest absolute Gasteiger partial charge is 0.488 e. The zero-order valence-corrected chi connectivity index (χ0v) is 15.8. The minimum absolute atomic E-state index is 0.112. The zero-order valence-electron chi connectivity index (χ0n) is 14.2. The molecular formula is C22H15BrFNO2. The molecule has 0 unspecified atom stereocenters. The average Bonchev–Trinajstić information content (AvgIpc) is 2.97. The molecule has 0 fully saturated rings. The van der Waals surface area contributed by atoms with E-state index in [-0.39, 0.29) is 18.3 Å². The molecule has 0 saturated heterocycles. The second-order valence-electron chi connectivity index (χ2n) is 6.17. The lowest BCUT2D eigenvalue weighted by atomic mass is 10.0. The highest BCUT2D eigenvalue weighted by molar-refractivity contribution is 9.10. The Balaban J connectivity index is 1.55. The first-order valence-corrected chi connectivity index (χ1v) is 9.19. The van der Waals surface area contributed by atoms with E-state index in [0.717, 1.165) is 26.9 Å². The van der Waals surface area contributed by atoms with Crippen LogP contribution < -0.4 is 10.1 Å². The molecule has 27 heavy (non-hydrogen) atoms. The van der Waals surface area contributed by atoms with E-state index >= 15 is 0 Å². The Morgan fingerprint density at radius 3 is 2.70 bits per heavy atom. The standard InChI is InChI=1S/C22H15BrFNO2/c23-19-12-14(11-18-17-6-1-2-7-20(17)25-22(18)26)8-9-21(19)27-13-15-4-3-5-16(24)10-15/h1-12H,13H2,(H,25,26)/b18-11-. The molecule has 0 radical (unpaired) electrons. The molecule has 3 aromatic rings. The van der Waals surface area contributed by atoms with Crippen molar-refractivity contribution in [1.82, 2.24) is 0 Å². The van der Waals surface area contributed by atoms with E-state index in [4.69, 9.17) is 4.74 Å². The van der Waals surface area contributed by atoms with Gasteiger partial charge in [0.25, 0.3) is 5.91 Å². The summed E-state index contributed by atoms with van der Waals surface area (Å²) in [5, 5.41) is 2.86. The van der Waals surface area contributed by atoms with Crippen molar-refractivity contribution >= 4 is 39.2 Å². The summed E-state index contributed by atoms with van der Waals surface area (Å²) >= 11 is 3.50. The van der Waals surface area contributed by atoms with E-state index in [1.54, 1.807) is 6.07 Å². The Bertz CT molecular complexity index is 1060. The maximum Gasteiger partial charge on any atom is 0.256 e. The van der Waals surface area contributed by atoms with Crippen molar-refractivity contribution in [1.29, 1.82) is 0 Å². The number of benzene rings is 3. The molecule has 0 saturated carbocycles. The van der Waals surface area contributed by atoms with Crippen LogP contribution in [0, 0.1) is 5.82 Å². The summed E-state index contributed by atoms with van der Waals surface area (Å²) in [5.74, 6) is 0.253. The fourth-order valence-electron chi connectivity index (χ4n) is 2.96. The van der Waals surface area contributed by atoms with Gasteiger partial charge in [-0.05, 0) is 63.5 Å². The zero-order chi connectivity index (χ0) is 18.8. The lowest BCUT2D eigenvalue weighted by Crippen LogP contribution is -2.03.